The zero-order chi connectivity index (χ0) is 19.3. The first-order valence-corrected chi connectivity index (χ1v) is 8.61. The molecule has 0 atom stereocenters. The summed E-state index contributed by atoms with van der Waals surface area (Å²) in [5, 5.41) is 11.0. The van der Waals surface area contributed by atoms with Gasteiger partial charge >= 0.3 is 0 Å². The van der Waals surface area contributed by atoms with Gasteiger partial charge in [0.05, 0.1) is 24.7 Å². The van der Waals surface area contributed by atoms with E-state index in [4.69, 9.17) is 4.74 Å². The summed E-state index contributed by atoms with van der Waals surface area (Å²) >= 11 is 0. The molecule has 7 heteroatoms. The molecule has 28 heavy (non-hydrogen) atoms. The first-order chi connectivity index (χ1) is 13.7. The molecule has 0 spiro atoms. The zero-order valence-corrected chi connectivity index (χ0v) is 15.1. The van der Waals surface area contributed by atoms with Crippen LogP contribution >= 0.6 is 0 Å². The SMILES string of the molecule is COc1ccc(-c2cnnn2-c2ccc(C(=O)Nc3ccncc3)cc2)cc1. The summed E-state index contributed by atoms with van der Waals surface area (Å²) in [7, 11) is 1.63. The van der Waals surface area contributed by atoms with Crippen LogP contribution in [0.2, 0.25) is 0 Å². The van der Waals surface area contributed by atoms with Crippen LogP contribution in [0.4, 0.5) is 5.69 Å². The smallest absolute Gasteiger partial charge is 0.255 e. The number of methoxy groups -OCH3 is 1. The Morgan fingerprint density at radius 1 is 0.964 bits per heavy atom. The van der Waals surface area contributed by atoms with Crippen molar-refractivity contribution in [3.05, 3.63) is 84.8 Å². The van der Waals surface area contributed by atoms with Crippen LogP contribution in [0.5, 0.6) is 5.75 Å². The van der Waals surface area contributed by atoms with Gasteiger partial charge in [-0.25, -0.2) is 4.68 Å². The van der Waals surface area contributed by atoms with Crippen LogP contribution in [0.3, 0.4) is 0 Å². The van der Waals surface area contributed by atoms with E-state index in [1.165, 1.54) is 0 Å². The van der Waals surface area contributed by atoms with Gasteiger partial charge in [-0.1, -0.05) is 5.21 Å². The number of carbonyl (C=O) groups excluding carboxylic acids is 1. The number of rotatable bonds is 5. The molecular weight excluding hydrogens is 354 g/mol. The lowest BCUT2D eigenvalue weighted by Gasteiger charge is -2.09. The molecule has 2 aromatic heterocycles. The van der Waals surface area contributed by atoms with E-state index in [-0.39, 0.29) is 5.91 Å². The van der Waals surface area contributed by atoms with Crippen molar-refractivity contribution in [1.82, 2.24) is 20.0 Å². The van der Waals surface area contributed by atoms with Gasteiger partial charge < -0.3 is 10.1 Å². The minimum Gasteiger partial charge on any atom is -0.497 e. The first kappa shape index (κ1) is 17.4. The number of aromatic nitrogens is 4. The largest absolute Gasteiger partial charge is 0.497 e. The maximum absolute atomic E-state index is 12.4. The van der Waals surface area contributed by atoms with Crippen molar-refractivity contribution in [1.29, 1.82) is 0 Å². The standard InChI is InChI=1S/C21H17N5O2/c1-28-19-8-4-15(5-9-19)20-14-23-25-26(20)18-6-2-16(3-7-18)21(27)24-17-10-12-22-13-11-17/h2-14H,1H3,(H,22,24,27). The van der Waals surface area contributed by atoms with Gasteiger partial charge in [0.25, 0.3) is 5.91 Å². The normalized spacial score (nSPS) is 10.5. The summed E-state index contributed by atoms with van der Waals surface area (Å²) in [4.78, 5) is 16.3. The number of anilines is 1. The maximum Gasteiger partial charge on any atom is 0.255 e. The molecule has 4 rings (SSSR count). The number of hydrogen-bond acceptors (Lipinski definition) is 5. The Labute approximate surface area is 161 Å². The third-order valence-electron chi connectivity index (χ3n) is 4.25. The molecule has 1 N–H and O–H groups in total. The highest BCUT2D eigenvalue weighted by Gasteiger charge is 2.11. The molecule has 0 saturated heterocycles. The van der Waals surface area contributed by atoms with Crippen molar-refractivity contribution < 1.29 is 9.53 Å². The average molecular weight is 371 g/mol. The fourth-order valence-electron chi connectivity index (χ4n) is 2.78. The van der Waals surface area contributed by atoms with Gasteiger partial charge in [-0.2, -0.15) is 0 Å². The molecule has 0 aliphatic heterocycles. The third kappa shape index (κ3) is 3.59. The summed E-state index contributed by atoms with van der Waals surface area (Å²) in [6.07, 6.45) is 4.96. The lowest BCUT2D eigenvalue weighted by Crippen LogP contribution is -2.12. The van der Waals surface area contributed by atoms with Gasteiger partial charge in [0.1, 0.15) is 5.75 Å². The quantitative estimate of drug-likeness (QED) is 0.580. The van der Waals surface area contributed by atoms with E-state index in [1.807, 2.05) is 36.4 Å². The van der Waals surface area contributed by atoms with Crippen LogP contribution in [-0.4, -0.2) is 33.0 Å². The Bertz CT molecular complexity index is 1070. The second-order valence-electron chi connectivity index (χ2n) is 6.00. The molecule has 2 aromatic carbocycles. The van der Waals surface area contributed by atoms with E-state index in [9.17, 15) is 4.79 Å². The predicted molar refractivity (Wildman–Crippen MR) is 106 cm³/mol. The van der Waals surface area contributed by atoms with Crippen molar-refractivity contribution in [2.45, 2.75) is 0 Å². The summed E-state index contributed by atoms with van der Waals surface area (Å²) < 4.78 is 6.93. The third-order valence-corrected chi connectivity index (χ3v) is 4.25. The second-order valence-corrected chi connectivity index (χ2v) is 6.00. The van der Waals surface area contributed by atoms with E-state index < -0.39 is 0 Å². The summed E-state index contributed by atoms with van der Waals surface area (Å²) in [5.74, 6) is 0.596. The van der Waals surface area contributed by atoms with E-state index in [1.54, 1.807) is 54.6 Å². The van der Waals surface area contributed by atoms with Gasteiger partial charge in [-0.15, -0.1) is 5.10 Å². The first-order valence-electron chi connectivity index (χ1n) is 8.61. The van der Waals surface area contributed by atoms with E-state index in [0.29, 0.717) is 11.3 Å². The molecule has 0 bridgehead atoms. The Morgan fingerprint density at radius 2 is 1.68 bits per heavy atom. The van der Waals surface area contributed by atoms with Gasteiger partial charge in [0.15, 0.2) is 0 Å². The second kappa shape index (κ2) is 7.71. The van der Waals surface area contributed by atoms with Crippen LogP contribution in [0.1, 0.15) is 10.4 Å². The highest BCUT2D eigenvalue weighted by molar-refractivity contribution is 6.04. The number of pyridine rings is 1. The number of amides is 1. The van der Waals surface area contributed by atoms with E-state index >= 15 is 0 Å². The van der Waals surface area contributed by atoms with Gasteiger partial charge in [-0.3, -0.25) is 9.78 Å². The van der Waals surface area contributed by atoms with Crippen molar-refractivity contribution in [3.63, 3.8) is 0 Å². The monoisotopic (exact) mass is 371 g/mol. The summed E-state index contributed by atoms with van der Waals surface area (Å²) in [6.45, 7) is 0. The average Bonchev–Trinajstić information content (AvgIpc) is 3.24. The Morgan fingerprint density at radius 3 is 2.36 bits per heavy atom. The fourth-order valence-corrected chi connectivity index (χ4v) is 2.78. The fraction of sp³-hybridized carbons (Fsp3) is 0.0476. The molecular formula is C21H17N5O2. The van der Waals surface area contributed by atoms with Gasteiger partial charge in [0.2, 0.25) is 0 Å². The number of carbonyl (C=O) groups is 1. The molecule has 0 fully saturated rings. The van der Waals surface area contributed by atoms with Crippen molar-refractivity contribution >= 4 is 11.6 Å². The molecule has 1 amide bonds. The Kier molecular flexibility index (Phi) is 4.79. The van der Waals surface area contributed by atoms with E-state index in [0.717, 1.165) is 22.7 Å². The molecule has 0 radical (unpaired) electrons. The van der Waals surface area contributed by atoms with Crippen molar-refractivity contribution in [2.75, 3.05) is 12.4 Å². The number of hydrogen-bond donors (Lipinski definition) is 1. The summed E-state index contributed by atoms with van der Waals surface area (Å²) in [6, 6.07) is 18.3. The highest BCUT2D eigenvalue weighted by Crippen LogP contribution is 2.24. The number of nitrogens with one attached hydrogen (secondary N) is 1. The van der Waals surface area contributed by atoms with Crippen molar-refractivity contribution in [3.8, 4) is 22.7 Å². The Hall–Kier alpha value is -4.00. The maximum atomic E-state index is 12.4. The summed E-state index contributed by atoms with van der Waals surface area (Å²) in [5.41, 5.74) is 3.86. The Balaban J connectivity index is 1.56. The van der Waals surface area contributed by atoms with E-state index in [2.05, 4.69) is 20.6 Å². The minimum absolute atomic E-state index is 0.188. The molecule has 4 aromatic rings. The lowest BCUT2D eigenvalue weighted by molar-refractivity contribution is 0.102. The van der Waals surface area contributed by atoms with Crippen LogP contribution in [0, 0.1) is 0 Å². The zero-order valence-electron chi connectivity index (χ0n) is 15.1. The lowest BCUT2D eigenvalue weighted by atomic mass is 10.1. The number of benzene rings is 2. The van der Waals surface area contributed by atoms with Crippen LogP contribution < -0.4 is 10.1 Å². The minimum atomic E-state index is -0.188. The molecule has 7 nitrogen and oxygen atoms in total. The number of ether oxygens (including phenoxy) is 1. The van der Waals surface area contributed by atoms with Crippen LogP contribution in [-0.2, 0) is 0 Å². The molecule has 138 valence electrons. The molecule has 0 aliphatic rings. The molecule has 0 unspecified atom stereocenters. The van der Waals surface area contributed by atoms with Crippen LogP contribution in [0.25, 0.3) is 16.9 Å². The van der Waals surface area contributed by atoms with Gasteiger partial charge in [0, 0.05) is 29.2 Å². The van der Waals surface area contributed by atoms with Gasteiger partial charge in [-0.05, 0) is 60.7 Å². The molecule has 0 saturated carbocycles. The topological polar surface area (TPSA) is 81.9 Å². The number of nitrogens with zero attached hydrogens (tertiary/aromatic N) is 4. The van der Waals surface area contributed by atoms with Crippen LogP contribution in [0.15, 0.2) is 79.3 Å². The molecule has 0 aliphatic carbocycles. The van der Waals surface area contributed by atoms with Crippen molar-refractivity contribution in [2.24, 2.45) is 0 Å². The molecule has 2 heterocycles. The highest BCUT2D eigenvalue weighted by atomic mass is 16.5. The predicted octanol–water partition coefficient (Wildman–Crippen LogP) is 3.59.